The number of anilines is 2. The molecule has 0 spiro atoms. The van der Waals surface area contributed by atoms with Gasteiger partial charge < -0.3 is 14.8 Å². The van der Waals surface area contributed by atoms with E-state index in [9.17, 15) is 8.78 Å². The fourth-order valence-electron chi connectivity index (χ4n) is 2.40. The molecule has 0 aliphatic carbocycles. The summed E-state index contributed by atoms with van der Waals surface area (Å²) in [6, 6.07) is 6.56. The predicted molar refractivity (Wildman–Crippen MR) is 99.4 cm³/mol. The highest BCUT2D eigenvalue weighted by Gasteiger charge is 2.17. The van der Waals surface area contributed by atoms with E-state index in [1.807, 2.05) is 0 Å². The number of alkyl halides is 2. The molecule has 0 amide bonds. The van der Waals surface area contributed by atoms with Gasteiger partial charge >= 0.3 is 0 Å². The molecule has 0 atom stereocenters. The molecule has 0 saturated heterocycles. The number of nitrogens with zero attached hydrogens (tertiary/aromatic N) is 4. The Morgan fingerprint density at radius 3 is 2.33 bits per heavy atom. The summed E-state index contributed by atoms with van der Waals surface area (Å²) in [6.07, 6.45) is -1.14. The van der Waals surface area contributed by atoms with Crippen molar-refractivity contribution in [3.8, 4) is 17.3 Å². The first-order chi connectivity index (χ1) is 12.9. The summed E-state index contributed by atoms with van der Waals surface area (Å²) in [5.41, 5.74) is 0.855. The van der Waals surface area contributed by atoms with E-state index < -0.39 is 6.43 Å². The van der Waals surface area contributed by atoms with Crippen molar-refractivity contribution in [3.05, 3.63) is 46.3 Å². The fraction of sp³-hybridized carbons (Fsp3) is 0.235. The molecule has 7 nitrogen and oxygen atoms in total. The Kier molecular flexibility index (Phi) is 5.54. The number of benzene rings is 1. The highest BCUT2D eigenvalue weighted by Crippen LogP contribution is 2.29. The van der Waals surface area contributed by atoms with Crippen LogP contribution >= 0.6 is 15.9 Å². The van der Waals surface area contributed by atoms with E-state index in [1.165, 1.54) is 16.9 Å². The van der Waals surface area contributed by atoms with E-state index in [0.717, 1.165) is 0 Å². The molecular weight excluding hydrogens is 424 g/mol. The monoisotopic (exact) mass is 439 g/mol. The minimum absolute atomic E-state index is 0.261. The summed E-state index contributed by atoms with van der Waals surface area (Å²) in [5, 5.41) is 6.97. The van der Waals surface area contributed by atoms with Gasteiger partial charge in [-0.2, -0.15) is 10.1 Å². The number of hydrogen-bond donors (Lipinski definition) is 1. The molecule has 0 aliphatic rings. The quantitative estimate of drug-likeness (QED) is 0.612. The van der Waals surface area contributed by atoms with Crippen LogP contribution in [0.2, 0.25) is 0 Å². The van der Waals surface area contributed by atoms with Crippen molar-refractivity contribution in [1.82, 2.24) is 19.7 Å². The van der Waals surface area contributed by atoms with Crippen LogP contribution in [0.5, 0.6) is 11.5 Å². The van der Waals surface area contributed by atoms with Crippen LogP contribution in [-0.4, -0.2) is 34.0 Å². The molecule has 0 saturated carbocycles. The Morgan fingerprint density at radius 1 is 1.11 bits per heavy atom. The van der Waals surface area contributed by atoms with E-state index in [-0.39, 0.29) is 11.6 Å². The Morgan fingerprint density at radius 2 is 1.78 bits per heavy atom. The van der Waals surface area contributed by atoms with Crippen molar-refractivity contribution >= 4 is 27.6 Å². The van der Waals surface area contributed by atoms with Crippen molar-refractivity contribution in [1.29, 1.82) is 0 Å². The number of aryl methyl sites for hydroxylation is 1. The van der Waals surface area contributed by atoms with Crippen LogP contribution in [0.3, 0.4) is 0 Å². The molecular formula is C17H16BrF2N5O2. The number of hydrogen-bond acceptors (Lipinski definition) is 6. The smallest absolute Gasteiger partial charge is 0.282 e. The fourth-order valence-corrected chi connectivity index (χ4v) is 2.75. The molecule has 10 heteroatoms. The van der Waals surface area contributed by atoms with E-state index in [4.69, 9.17) is 9.47 Å². The maximum atomic E-state index is 12.9. The van der Waals surface area contributed by atoms with Gasteiger partial charge in [-0.3, -0.25) is 0 Å². The number of rotatable bonds is 6. The van der Waals surface area contributed by atoms with Crippen LogP contribution in [0.15, 0.2) is 34.9 Å². The lowest BCUT2D eigenvalue weighted by atomic mass is 10.3. The zero-order chi connectivity index (χ0) is 19.6. The van der Waals surface area contributed by atoms with Gasteiger partial charge in [0.1, 0.15) is 17.2 Å². The van der Waals surface area contributed by atoms with Gasteiger partial charge in [0.15, 0.2) is 5.82 Å². The second-order valence-electron chi connectivity index (χ2n) is 5.51. The summed E-state index contributed by atoms with van der Waals surface area (Å²) in [6.45, 7) is 1.67. The molecule has 0 unspecified atom stereocenters. The topological polar surface area (TPSA) is 74.1 Å². The second-order valence-corrected chi connectivity index (χ2v) is 6.37. The summed E-state index contributed by atoms with van der Waals surface area (Å²) < 4.78 is 38.2. The largest absolute Gasteiger partial charge is 0.497 e. The van der Waals surface area contributed by atoms with Gasteiger partial charge in [-0.25, -0.2) is 18.4 Å². The molecule has 0 radical (unpaired) electrons. The predicted octanol–water partition coefficient (Wildman–Crippen LogP) is 4.43. The zero-order valence-corrected chi connectivity index (χ0v) is 16.3. The Balaban J connectivity index is 1.97. The molecule has 2 heterocycles. The molecule has 3 aromatic rings. The molecule has 0 aliphatic heterocycles. The average molecular weight is 440 g/mol. The summed E-state index contributed by atoms with van der Waals surface area (Å²) in [5.74, 6) is 1.79. The third-order valence-electron chi connectivity index (χ3n) is 3.66. The van der Waals surface area contributed by atoms with Gasteiger partial charge in [-0.05, 0) is 28.9 Å². The van der Waals surface area contributed by atoms with Crippen LogP contribution < -0.4 is 14.8 Å². The van der Waals surface area contributed by atoms with Crippen molar-refractivity contribution in [2.24, 2.45) is 0 Å². The van der Waals surface area contributed by atoms with Gasteiger partial charge in [0.2, 0.25) is 5.95 Å². The highest BCUT2D eigenvalue weighted by molar-refractivity contribution is 9.10. The van der Waals surface area contributed by atoms with Gasteiger partial charge in [-0.15, -0.1) is 0 Å². The van der Waals surface area contributed by atoms with Crippen molar-refractivity contribution < 1.29 is 18.3 Å². The normalized spacial score (nSPS) is 10.9. The summed E-state index contributed by atoms with van der Waals surface area (Å²) in [7, 11) is 3.10. The van der Waals surface area contributed by atoms with Gasteiger partial charge in [0, 0.05) is 35.8 Å². The van der Waals surface area contributed by atoms with Crippen LogP contribution in [0.4, 0.5) is 20.4 Å². The van der Waals surface area contributed by atoms with E-state index in [0.29, 0.717) is 33.2 Å². The second kappa shape index (κ2) is 7.87. The Hall–Kier alpha value is -2.75. The minimum Gasteiger partial charge on any atom is -0.497 e. The standard InChI is InChI=1S/C17H16BrF2N5O2/c1-9-4-14(15(19)20)24-25(9)16-13(18)8-21-17(23-16)22-10-5-11(26-2)7-12(6-10)27-3/h4-8,15H,1-3H3,(H,21,22,23). The molecule has 0 bridgehead atoms. The number of ether oxygens (including phenoxy) is 2. The molecule has 2 aromatic heterocycles. The van der Waals surface area contributed by atoms with Crippen LogP contribution in [0.1, 0.15) is 17.8 Å². The first kappa shape index (κ1) is 19.0. The van der Waals surface area contributed by atoms with E-state index >= 15 is 0 Å². The Labute approximate surface area is 162 Å². The number of methoxy groups -OCH3 is 2. The third kappa shape index (κ3) is 4.16. The third-order valence-corrected chi connectivity index (χ3v) is 4.22. The maximum absolute atomic E-state index is 12.9. The summed E-state index contributed by atoms with van der Waals surface area (Å²) >= 11 is 3.34. The average Bonchev–Trinajstić information content (AvgIpc) is 3.04. The van der Waals surface area contributed by atoms with Crippen molar-refractivity contribution in [3.63, 3.8) is 0 Å². The molecule has 3 rings (SSSR count). The van der Waals surface area contributed by atoms with Crippen LogP contribution in [0.25, 0.3) is 5.82 Å². The number of aromatic nitrogens is 4. The highest BCUT2D eigenvalue weighted by atomic mass is 79.9. The van der Waals surface area contributed by atoms with Gasteiger partial charge in [-0.1, -0.05) is 0 Å². The minimum atomic E-state index is -2.66. The molecule has 142 valence electrons. The molecule has 27 heavy (non-hydrogen) atoms. The van der Waals surface area contributed by atoms with Crippen molar-refractivity contribution in [2.45, 2.75) is 13.3 Å². The SMILES string of the molecule is COc1cc(Nc2ncc(Br)c(-n3nc(C(F)F)cc3C)n2)cc(OC)c1. The lowest BCUT2D eigenvalue weighted by Gasteiger charge is -2.11. The lowest BCUT2D eigenvalue weighted by Crippen LogP contribution is -2.07. The zero-order valence-electron chi connectivity index (χ0n) is 14.7. The van der Waals surface area contributed by atoms with Gasteiger partial charge in [0.05, 0.1) is 18.7 Å². The van der Waals surface area contributed by atoms with Gasteiger partial charge in [0.25, 0.3) is 6.43 Å². The summed E-state index contributed by atoms with van der Waals surface area (Å²) in [4.78, 5) is 8.59. The number of halogens is 3. The first-order valence-electron chi connectivity index (χ1n) is 7.79. The first-order valence-corrected chi connectivity index (χ1v) is 8.58. The van der Waals surface area contributed by atoms with E-state index in [1.54, 1.807) is 39.3 Å². The van der Waals surface area contributed by atoms with Crippen LogP contribution in [-0.2, 0) is 0 Å². The lowest BCUT2D eigenvalue weighted by molar-refractivity contribution is 0.145. The molecule has 1 aromatic carbocycles. The molecule has 0 fully saturated rings. The Bertz CT molecular complexity index is 942. The van der Waals surface area contributed by atoms with E-state index in [2.05, 4.69) is 36.3 Å². The van der Waals surface area contributed by atoms with Crippen molar-refractivity contribution in [2.75, 3.05) is 19.5 Å². The number of nitrogens with one attached hydrogen (secondary N) is 1. The maximum Gasteiger partial charge on any atom is 0.282 e. The molecule has 1 N–H and O–H groups in total. The van der Waals surface area contributed by atoms with Crippen LogP contribution in [0, 0.1) is 6.92 Å².